The number of benzene rings is 1. The lowest BCUT2D eigenvalue weighted by molar-refractivity contribution is -0.384. The largest absolute Gasteiger partial charge is 0.326 e. The van der Waals surface area contributed by atoms with E-state index in [0.717, 1.165) is 0 Å². The Balaban J connectivity index is 2.46. The fourth-order valence-electron chi connectivity index (χ4n) is 1.81. The van der Waals surface area contributed by atoms with Crippen LogP contribution in [0.2, 0.25) is 5.15 Å². The number of hydrogen-bond donors (Lipinski definition) is 0. The molecule has 0 saturated carbocycles. The quantitative estimate of drug-likeness (QED) is 0.487. The lowest BCUT2D eigenvalue weighted by Crippen LogP contribution is -2.17. The summed E-state index contributed by atoms with van der Waals surface area (Å²) in [5, 5.41) is 10.9. The van der Waals surface area contributed by atoms with Crippen LogP contribution in [0.5, 0.6) is 0 Å². The van der Waals surface area contributed by atoms with Crippen LogP contribution in [0.1, 0.15) is 6.92 Å². The van der Waals surface area contributed by atoms with Crippen LogP contribution in [0.4, 0.5) is 21.6 Å². The van der Waals surface area contributed by atoms with Gasteiger partial charge in [-0.25, -0.2) is 9.37 Å². The van der Waals surface area contributed by atoms with E-state index < -0.39 is 4.92 Å². The summed E-state index contributed by atoms with van der Waals surface area (Å²) in [5.74, 6) is -0.00635. The maximum Gasteiger partial charge on any atom is 0.276 e. The molecule has 2 aromatic rings. The molecule has 0 amide bonds. The molecule has 7 heteroatoms. The molecule has 0 radical (unpaired) electrons. The van der Waals surface area contributed by atoms with E-state index in [1.807, 2.05) is 6.92 Å². The molecule has 0 fully saturated rings. The van der Waals surface area contributed by atoms with Crippen molar-refractivity contribution in [1.29, 1.82) is 0 Å². The zero-order valence-corrected chi connectivity index (χ0v) is 11.3. The van der Waals surface area contributed by atoms with Crippen molar-refractivity contribution in [2.24, 2.45) is 0 Å². The number of nitro groups is 1. The molecule has 0 aliphatic rings. The Kier molecular flexibility index (Phi) is 4.14. The van der Waals surface area contributed by atoms with Crippen LogP contribution in [-0.4, -0.2) is 16.5 Å². The first-order chi connectivity index (χ1) is 9.51. The summed E-state index contributed by atoms with van der Waals surface area (Å²) in [5.41, 5.74) is 0.540. The van der Waals surface area contributed by atoms with E-state index in [1.165, 1.54) is 24.3 Å². The number of nitrogens with zero attached hydrogens (tertiary/aromatic N) is 3. The SMILES string of the molecule is CCN(c1ccc(F)cc1)c1cc([N+](=O)[O-])cc(Cl)n1. The number of pyridine rings is 1. The summed E-state index contributed by atoms with van der Waals surface area (Å²) in [6, 6.07) is 8.30. The predicted molar refractivity (Wildman–Crippen MR) is 75.0 cm³/mol. The fourth-order valence-corrected chi connectivity index (χ4v) is 2.01. The van der Waals surface area contributed by atoms with Gasteiger partial charge in [0, 0.05) is 12.2 Å². The number of anilines is 2. The van der Waals surface area contributed by atoms with Gasteiger partial charge in [-0.15, -0.1) is 0 Å². The molecule has 0 unspecified atom stereocenters. The topological polar surface area (TPSA) is 59.3 Å². The molecule has 0 aliphatic carbocycles. The third-order valence-corrected chi connectivity index (χ3v) is 2.90. The lowest BCUT2D eigenvalue weighted by atomic mass is 10.2. The normalized spacial score (nSPS) is 10.3. The molecule has 104 valence electrons. The van der Waals surface area contributed by atoms with Crippen LogP contribution in [0, 0.1) is 15.9 Å². The summed E-state index contributed by atoms with van der Waals surface area (Å²) in [4.78, 5) is 16.1. The van der Waals surface area contributed by atoms with Crippen LogP contribution < -0.4 is 4.90 Å². The molecule has 0 atom stereocenters. The molecule has 0 bridgehead atoms. The van der Waals surface area contributed by atoms with E-state index in [1.54, 1.807) is 17.0 Å². The van der Waals surface area contributed by atoms with Crippen molar-refractivity contribution in [3.8, 4) is 0 Å². The van der Waals surface area contributed by atoms with Crippen molar-refractivity contribution < 1.29 is 9.31 Å². The zero-order chi connectivity index (χ0) is 14.7. The van der Waals surface area contributed by atoms with Crippen molar-refractivity contribution >= 4 is 28.8 Å². The van der Waals surface area contributed by atoms with E-state index in [-0.39, 0.29) is 16.7 Å². The van der Waals surface area contributed by atoms with Crippen molar-refractivity contribution in [2.45, 2.75) is 6.92 Å². The highest BCUT2D eigenvalue weighted by molar-refractivity contribution is 6.29. The molecule has 0 aliphatic heterocycles. The van der Waals surface area contributed by atoms with Gasteiger partial charge in [-0.3, -0.25) is 10.1 Å². The van der Waals surface area contributed by atoms with E-state index >= 15 is 0 Å². The summed E-state index contributed by atoms with van der Waals surface area (Å²) >= 11 is 5.81. The number of rotatable bonds is 4. The van der Waals surface area contributed by atoms with E-state index in [2.05, 4.69) is 4.98 Å². The van der Waals surface area contributed by atoms with Gasteiger partial charge in [-0.05, 0) is 31.2 Å². The Bertz CT molecular complexity index is 634. The second kappa shape index (κ2) is 5.83. The summed E-state index contributed by atoms with van der Waals surface area (Å²) in [6.45, 7) is 2.37. The third kappa shape index (κ3) is 3.03. The van der Waals surface area contributed by atoms with Gasteiger partial charge in [-0.1, -0.05) is 11.6 Å². The van der Waals surface area contributed by atoms with Gasteiger partial charge >= 0.3 is 0 Å². The van der Waals surface area contributed by atoms with Crippen LogP contribution >= 0.6 is 11.6 Å². The van der Waals surface area contributed by atoms with Gasteiger partial charge < -0.3 is 4.90 Å². The Morgan fingerprint density at radius 3 is 2.55 bits per heavy atom. The van der Waals surface area contributed by atoms with Crippen molar-refractivity contribution in [2.75, 3.05) is 11.4 Å². The standard InChI is InChI=1S/C13H11ClFN3O2/c1-2-17(10-5-3-9(15)4-6-10)13-8-11(18(19)20)7-12(14)16-13/h3-8H,2H2,1H3. The Labute approximate surface area is 119 Å². The smallest absolute Gasteiger partial charge is 0.276 e. The monoisotopic (exact) mass is 295 g/mol. The van der Waals surface area contributed by atoms with Gasteiger partial charge in [-0.2, -0.15) is 0 Å². The van der Waals surface area contributed by atoms with Crippen molar-refractivity contribution in [3.05, 3.63) is 57.5 Å². The molecule has 0 saturated heterocycles. The molecule has 1 aromatic heterocycles. The molecule has 1 aromatic carbocycles. The van der Waals surface area contributed by atoms with Crippen LogP contribution in [0.3, 0.4) is 0 Å². The van der Waals surface area contributed by atoms with E-state index in [9.17, 15) is 14.5 Å². The minimum Gasteiger partial charge on any atom is -0.326 e. The molecule has 0 spiro atoms. The first-order valence-electron chi connectivity index (χ1n) is 5.86. The summed E-state index contributed by atoms with van der Waals surface area (Å²) < 4.78 is 12.9. The molecule has 5 nitrogen and oxygen atoms in total. The molecule has 1 heterocycles. The van der Waals surface area contributed by atoms with Crippen LogP contribution in [-0.2, 0) is 0 Å². The minimum absolute atomic E-state index is 0.0368. The number of aromatic nitrogens is 1. The highest BCUT2D eigenvalue weighted by Crippen LogP contribution is 2.28. The molecule has 0 N–H and O–H groups in total. The highest BCUT2D eigenvalue weighted by atomic mass is 35.5. The zero-order valence-electron chi connectivity index (χ0n) is 10.6. The predicted octanol–water partition coefficient (Wildman–Crippen LogP) is 3.94. The van der Waals surface area contributed by atoms with Crippen molar-refractivity contribution in [3.63, 3.8) is 0 Å². The Hall–Kier alpha value is -2.21. The van der Waals surface area contributed by atoms with E-state index in [0.29, 0.717) is 18.1 Å². The van der Waals surface area contributed by atoms with Crippen molar-refractivity contribution in [1.82, 2.24) is 4.98 Å². The number of hydrogen-bond acceptors (Lipinski definition) is 4. The van der Waals surface area contributed by atoms with E-state index in [4.69, 9.17) is 11.6 Å². The number of halogens is 2. The van der Waals surface area contributed by atoms with Gasteiger partial charge in [0.1, 0.15) is 16.8 Å². The molecular weight excluding hydrogens is 285 g/mol. The van der Waals surface area contributed by atoms with Gasteiger partial charge in [0.2, 0.25) is 0 Å². The summed E-state index contributed by atoms with van der Waals surface area (Å²) in [6.07, 6.45) is 0. The first kappa shape index (κ1) is 14.2. The second-order valence-corrected chi connectivity index (χ2v) is 4.37. The molecule has 20 heavy (non-hydrogen) atoms. The first-order valence-corrected chi connectivity index (χ1v) is 6.24. The van der Waals surface area contributed by atoms with Crippen LogP contribution in [0.15, 0.2) is 36.4 Å². The van der Waals surface area contributed by atoms with Gasteiger partial charge in [0.15, 0.2) is 0 Å². The lowest BCUT2D eigenvalue weighted by Gasteiger charge is -2.22. The maximum absolute atomic E-state index is 12.9. The maximum atomic E-state index is 12.9. The Morgan fingerprint density at radius 2 is 2.00 bits per heavy atom. The second-order valence-electron chi connectivity index (χ2n) is 3.98. The third-order valence-electron chi connectivity index (χ3n) is 2.71. The average Bonchev–Trinajstić information content (AvgIpc) is 2.41. The molecule has 2 rings (SSSR count). The van der Waals surface area contributed by atoms with Crippen LogP contribution in [0.25, 0.3) is 0 Å². The average molecular weight is 296 g/mol. The Morgan fingerprint density at radius 1 is 1.35 bits per heavy atom. The van der Waals surface area contributed by atoms with Gasteiger partial charge in [0.05, 0.1) is 17.1 Å². The fraction of sp³-hybridized carbons (Fsp3) is 0.154. The minimum atomic E-state index is -0.532. The van der Waals surface area contributed by atoms with Gasteiger partial charge in [0.25, 0.3) is 5.69 Å². The summed E-state index contributed by atoms with van der Waals surface area (Å²) in [7, 11) is 0. The molecular formula is C13H11ClFN3O2. The highest BCUT2D eigenvalue weighted by Gasteiger charge is 2.15.